The minimum atomic E-state index is 0.550. The van der Waals surface area contributed by atoms with Crippen LogP contribution in [-0.4, -0.2) is 12.7 Å². The predicted octanol–water partition coefficient (Wildman–Crippen LogP) is 6.69. The van der Waals surface area contributed by atoms with E-state index >= 15 is 0 Å². The van der Waals surface area contributed by atoms with Gasteiger partial charge in [0, 0.05) is 0 Å². The number of rotatable bonds is 8. The standard InChI is InChI=1S/C22H38O/c1-3-5-7-9-19-10-12-20(13-11-19)21-14-16-22(17-15-21)23-18-8-6-4-2/h3-6,19-22H,7-18H2,1-2H3. The number of allylic oxidation sites excluding steroid dienone is 3. The third kappa shape index (κ3) is 6.83. The lowest BCUT2D eigenvalue weighted by Gasteiger charge is -2.37. The van der Waals surface area contributed by atoms with Gasteiger partial charge in [0.25, 0.3) is 0 Å². The van der Waals surface area contributed by atoms with Crippen molar-refractivity contribution in [2.75, 3.05) is 6.61 Å². The van der Waals surface area contributed by atoms with Gasteiger partial charge in [0.2, 0.25) is 0 Å². The van der Waals surface area contributed by atoms with Crippen molar-refractivity contribution in [3.05, 3.63) is 24.3 Å². The Bertz CT molecular complexity index is 341. The van der Waals surface area contributed by atoms with Gasteiger partial charge in [-0.05, 0) is 89.4 Å². The molecule has 23 heavy (non-hydrogen) atoms. The van der Waals surface area contributed by atoms with Crippen LogP contribution in [0.3, 0.4) is 0 Å². The lowest BCUT2D eigenvalue weighted by Crippen LogP contribution is -2.28. The summed E-state index contributed by atoms with van der Waals surface area (Å²) in [6.07, 6.45) is 24.6. The molecular weight excluding hydrogens is 280 g/mol. The third-order valence-electron chi connectivity index (χ3n) is 6.13. The lowest BCUT2D eigenvalue weighted by atomic mass is 9.70. The maximum absolute atomic E-state index is 6.03. The Morgan fingerprint density at radius 1 is 0.739 bits per heavy atom. The average molecular weight is 319 g/mol. The van der Waals surface area contributed by atoms with Crippen LogP contribution >= 0.6 is 0 Å². The molecule has 0 aromatic carbocycles. The van der Waals surface area contributed by atoms with Crippen LogP contribution in [0.15, 0.2) is 24.3 Å². The molecule has 0 saturated heterocycles. The molecule has 0 aliphatic heterocycles. The first-order valence-electron chi connectivity index (χ1n) is 10.2. The molecule has 0 unspecified atom stereocenters. The molecule has 2 aliphatic rings. The SMILES string of the molecule is CC=CCCOC1CCC(C2CCC(CCC=CC)CC2)CC1. The van der Waals surface area contributed by atoms with Gasteiger partial charge in [0.1, 0.15) is 0 Å². The van der Waals surface area contributed by atoms with E-state index in [9.17, 15) is 0 Å². The molecule has 132 valence electrons. The number of hydrogen-bond donors (Lipinski definition) is 0. The minimum absolute atomic E-state index is 0.550. The first-order chi connectivity index (χ1) is 11.3. The highest BCUT2D eigenvalue weighted by atomic mass is 16.5. The van der Waals surface area contributed by atoms with Crippen molar-refractivity contribution in [2.45, 2.75) is 90.6 Å². The first-order valence-corrected chi connectivity index (χ1v) is 10.2. The molecule has 2 aliphatic carbocycles. The Hall–Kier alpha value is -0.560. The summed E-state index contributed by atoms with van der Waals surface area (Å²) in [6.45, 7) is 5.13. The van der Waals surface area contributed by atoms with E-state index in [0.29, 0.717) is 6.10 Å². The summed E-state index contributed by atoms with van der Waals surface area (Å²) in [4.78, 5) is 0. The van der Waals surface area contributed by atoms with Gasteiger partial charge in [-0.25, -0.2) is 0 Å². The zero-order valence-corrected chi connectivity index (χ0v) is 15.5. The lowest BCUT2D eigenvalue weighted by molar-refractivity contribution is 0.00913. The van der Waals surface area contributed by atoms with Gasteiger partial charge in [-0.2, -0.15) is 0 Å². The van der Waals surface area contributed by atoms with E-state index in [-0.39, 0.29) is 0 Å². The molecule has 0 radical (unpaired) electrons. The van der Waals surface area contributed by atoms with Crippen LogP contribution in [0.25, 0.3) is 0 Å². The van der Waals surface area contributed by atoms with Crippen molar-refractivity contribution in [1.82, 2.24) is 0 Å². The summed E-state index contributed by atoms with van der Waals surface area (Å²) in [6, 6.07) is 0. The predicted molar refractivity (Wildman–Crippen MR) is 101 cm³/mol. The van der Waals surface area contributed by atoms with Crippen molar-refractivity contribution in [3.8, 4) is 0 Å². The van der Waals surface area contributed by atoms with Crippen LogP contribution in [0.5, 0.6) is 0 Å². The molecule has 0 spiro atoms. The number of hydrogen-bond acceptors (Lipinski definition) is 1. The summed E-state index contributed by atoms with van der Waals surface area (Å²) >= 11 is 0. The van der Waals surface area contributed by atoms with Crippen LogP contribution in [0, 0.1) is 17.8 Å². The molecule has 0 aromatic heterocycles. The zero-order chi connectivity index (χ0) is 16.3. The Labute approximate surface area is 144 Å². The Morgan fingerprint density at radius 3 is 1.91 bits per heavy atom. The molecule has 0 heterocycles. The van der Waals surface area contributed by atoms with E-state index in [2.05, 4.69) is 38.2 Å². The molecule has 0 aromatic rings. The largest absolute Gasteiger partial charge is 0.378 e. The zero-order valence-electron chi connectivity index (χ0n) is 15.5. The second-order valence-corrected chi connectivity index (χ2v) is 7.69. The van der Waals surface area contributed by atoms with Gasteiger partial charge >= 0.3 is 0 Å². The van der Waals surface area contributed by atoms with E-state index in [1.54, 1.807) is 0 Å². The van der Waals surface area contributed by atoms with E-state index in [4.69, 9.17) is 4.74 Å². The van der Waals surface area contributed by atoms with Gasteiger partial charge in [0.15, 0.2) is 0 Å². The fourth-order valence-electron chi connectivity index (χ4n) is 4.64. The van der Waals surface area contributed by atoms with Gasteiger partial charge < -0.3 is 4.74 Å². The molecule has 0 N–H and O–H groups in total. The Morgan fingerprint density at radius 2 is 1.30 bits per heavy atom. The summed E-state index contributed by atoms with van der Waals surface area (Å²) in [5.74, 6) is 3.03. The Kier molecular flexibility index (Phi) is 9.04. The fourth-order valence-corrected chi connectivity index (χ4v) is 4.64. The Balaban J connectivity index is 1.59. The van der Waals surface area contributed by atoms with Gasteiger partial charge in [-0.15, -0.1) is 0 Å². The molecule has 1 heteroatoms. The molecule has 1 nitrogen and oxygen atoms in total. The highest BCUT2D eigenvalue weighted by molar-refractivity contribution is 4.84. The first kappa shape index (κ1) is 18.8. The van der Waals surface area contributed by atoms with E-state index in [1.165, 1.54) is 64.2 Å². The van der Waals surface area contributed by atoms with Crippen LogP contribution in [0.1, 0.15) is 84.5 Å². The smallest absolute Gasteiger partial charge is 0.0575 e. The minimum Gasteiger partial charge on any atom is -0.378 e. The van der Waals surface area contributed by atoms with Crippen molar-refractivity contribution in [1.29, 1.82) is 0 Å². The van der Waals surface area contributed by atoms with E-state index < -0.39 is 0 Å². The van der Waals surface area contributed by atoms with Crippen LogP contribution in [0.4, 0.5) is 0 Å². The topological polar surface area (TPSA) is 9.23 Å². The van der Waals surface area contributed by atoms with Crippen molar-refractivity contribution < 1.29 is 4.74 Å². The molecule has 0 amide bonds. The normalized spacial score (nSPS) is 32.8. The molecular formula is C22H38O. The van der Waals surface area contributed by atoms with E-state index in [0.717, 1.165) is 30.8 Å². The fraction of sp³-hybridized carbons (Fsp3) is 0.818. The summed E-state index contributed by atoms with van der Waals surface area (Å²) in [5, 5.41) is 0. The molecule has 2 fully saturated rings. The summed E-state index contributed by atoms with van der Waals surface area (Å²) < 4.78 is 6.03. The summed E-state index contributed by atoms with van der Waals surface area (Å²) in [5.41, 5.74) is 0. The second kappa shape index (κ2) is 11.1. The van der Waals surface area contributed by atoms with E-state index in [1.807, 2.05) is 0 Å². The molecule has 0 bridgehead atoms. The number of ether oxygens (including phenoxy) is 1. The highest BCUT2D eigenvalue weighted by Gasteiger charge is 2.30. The average Bonchev–Trinajstić information content (AvgIpc) is 2.60. The van der Waals surface area contributed by atoms with Crippen LogP contribution in [-0.2, 0) is 4.74 Å². The van der Waals surface area contributed by atoms with Crippen molar-refractivity contribution >= 4 is 0 Å². The van der Waals surface area contributed by atoms with Crippen molar-refractivity contribution in [2.24, 2.45) is 17.8 Å². The monoisotopic (exact) mass is 318 g/mol. The molecule has 2 saturated carbocycles. The van der Waals surface area contributed by atoms with Crippen molar-refractivity contribution in [3.63, 3.8) is 0 Å². The van der Waals surface area contributed by atoms with Crippen LogP contribution in [0.2, 0.25) is 0 Å². The molecule has 0 atom stereocenters. The van der Waals surface area contributed by atoms with Gasteiger partial charge in [-0.3, -0.25) is 0 Å². The second-order valence-electron chi connectivity index (χ2n) is 7.69. The maximum atomic E-state index is 6.03. The molecule has 2 rings (SSSR count). The summed E-state index contributed by atoms with van der Waals surface area (Å²) in [7, 11) is 0. The van der Waals surface area contributed by atoms with Crippen LogP contribution < -0.4 is 0 Å². The quantitative estimate of drug-likeness (QED) is 0.358. The highest BCUT2D eigenvalue weighted by Crippen LogP contribution is 2.41. The third-order valence-corrected chi connectivity index (χ3v) is 6.13. The maximum Gasteiger partial charge on any atom is 0.0575 e. The van der Waals surface area contributed by atoms with Gasteiger partial charge in [0.05, 0.1) is 12.7 Å². The van der Waals surface area contributed by atoms with Gasteiger partial charge in [-0.1, -0.05) is 37.1 Å².